The molecule has 0 fully saturated rings. The minimum atomic E-state index is 0.619. The Kier molecular flexibility index (Phi) is 4.77. The van der Waals surface area contributed by atoms with E-state index in [-0.39, 0.29) is 0 Å². The lowest BCUT2D eigenvalue weighted by Crippen LogP contribution is -2.12. The van der Waals surface area contributed by atoms with Crippen molar-refractivity contribution < 1.29 is 4.79 Å². The highest BCUT2D eigenvalue weighted by Crippen LogP contribution is 2.19. The van der Waals surface area contributed by atoms with E-state index in [1.165, 1.54) is 0 Å². The molecule has 0 spiro atoms. The zero-order valence-corrected chi connectivity index (χ0v) is 9.03. The van der Waals surface area contributed by atoms with Crippen LogP contribution in [0.5, 0.6) is 0 Å². The first kappa shape index (κ1) is 11.3. The predicted molar refractivity (Wildman–Crippen MR) is 58.5 cm³/mol. The molecule has 4 heteroatoms. The Morgan fingerprint density at radius 3 is 2.43 bits per heavy atom. The average Bonchev–Trinajstić information content (AvgIpc) is 2.11. The van der Waals surface area contributed by atoms with Crippen LogP contribution in [0.4, 0.5) is 0 Å². The standard InChI is InChI=1S/C10H10Cl2NO/c11-9-4-8(5-10(12)6-9)2-1-3-13-7-14/h4-6H,1-3H2,(H,13,14). The van der Waals surface area contributed by atoms with E-state index in [0.29, 0.717) is 16.6 Å². The van der Waals surface area contributed by atoms with Gasteiger partial charge in [-0.05, 0) is 36.6 Å². The summed E-state index contributed by atoms with van der Waals surface area (Å²) in [5.41, 5.74) is 1.08. The summed E-state index contributed by atoms with van der Waals surface area (Å²) in [6.45, 7) is 0.619. The maximum atomic E-state index is 9.85. The summed E-state index contributed by atoms with van der Waals surface area (Å²) in [6, 6.07) is 5.44. The molecule has 0 aromatic heterocycles. The fourth-order valence-electron chi connectivity index (χ4n) is 1.19. The summed E-state index contributed by atoms with van der Waals surface area (Å²) in [5, 5.41) is 3.76. The van der Waals surface area contributed by atoms with Crippen LogP contribution in [0.25, 0.3) is 0 Å². The molecular weight excluding hydrogens is 221 g/mol. The van der Waals surface area contributed by atoms with Crippen molar-refractivity contribution in [2.45, 2.75) is 12.8 Å². The SMILES string of the molecule is O=[C]NCCCc1cc(Cl)cc(Cl)c1. The van der Waals surface area contributed by atoms with Crippen LogP contribution in [-0.4, -0.2) is 13.0 Å². The number of hydrogen-bond donors (Lipinski definition) is 1. The molecule has 1 rings (SSSR count). The Labute approximate surface area is 93.2 Å². The molecule has 1 N–H and O–H groups in total. The summed E-state index contributed by atoms with van der Waals surface area (Å²) < 4.78 is 0. The van der Waals surface area contributed by atoms with Gasteiger partial charge in [0.05, 0.1) is 0 Å². The van der Waals surface area contributed by atoms with E-state index in [0.717, 1.165) is 18.4 Å². The Balaban J connectivity index is 2.46. The number of nitrogens with one attached hydrogen (secondary N) is 1. The molecule has 14 heavy (non-hydrogen) atoms. The van der Waals surface area contributed by atoms with Crippen molar-refractivity contribution in [1.29, 1.82) is 0 Å². The van der Waals surface area contributed by atoms with Gasteiger partial charge < -0.3 is 5.32 Å². The van der Waals surface area contributed by atoms with Crippen molar-refractivity contribution in [1.82, 2.24) is 5.32 Å². The monoisotopic (exact) mass is 230 g/mol. The third-order valence-corrected chi connectivity index (χ3v) is 2.20. The molecule has 0 saturated carbocycles. The third kappa shape index (κ3) is 3.99. The Morgan fingerprint density at radius 2 is 1.86 bits per heavy atom. The van der Waals surface area contributed by atoms with E-state index < -0.39 is 0 Å². The number of benzene rings is 1. The van der Waals surface area contributed by atoms with Gasteiger partial charge in [0.25, 0.3) is 0 Å². The van der Waals surface area contributed by atoms with Gasteiger partial charge in [0, 0.05) is 16.6 Å². The molecule has 0 unspecified atom stereocenters. The molecule has 2 nitrogen and oxygen atoms in total. The Hall–Kier alpha value is -0.730. The second-order valence-electron chi connectivity index (χ2n) is 2.91. The summed E-state index contributed by atoms with van der Waals surface area (Å²) in [5.74, 6) is 0. The maximum Gasteiger partial charge on any atom is 0.309 e. The van der Waals surface area contributed by atoms with E-state index in [1.54, 1.807) is 12.5 Å². The van der Waals surface area contributed by atoms with Crippen molar-refractivity contribution in [3.8, 4) is 0 Å². The van der Waals surface area contributed by atoms with Crippen molar-refractivity contribution >= 4 is 29.6 Å². The molecule has 0 atom stereocenters. The van der Waals surface area contributed by atoms with Crippen LogP contribution in [0, 0.1) is 0 Å². The van der Waals surface area contributed by atoms with Crippen LogP contribution >= 0.6 is 23.2 Å². The fourth-order valence-corrected chi connectivity index (χ4v) is 1.76. The second kappa shape index (κ2) is 5.89. The molecular formula is C10H10Cl2NO. The lowest BCUT2D eigenvalue weighted by atomic mass is 10.1. The van der Waals surface area contributed by atoms with E-state index in [9.17, 15) is 4.79 Å². The van der Waals surface area contributed by atoms with Gasteiger partial charge in [-0.15, -0.1) is 0 Å². The summed E-state index contributed by atoms with van der Waals surface area (Å²) in [7, 11) is 0. The highest BCUT2D eigenvalue weighted by Gasteiger charge is 1.98. The normalized spacial score (nSPS) is 9.86. The van der Waals surface area contributed by atoms with Gasteiger partial charge in [0.15, 0.2) is 0 Å². The first-order valence-electron chi connectivity index (χ1n) is 4.27. The minimum absolute atomic E-state index is 0.619. The van der Waals surface area contributed by atoms with E-state index in [1.807, 2.05) is 12.1 Å². The molecule has 1 aromatic rings. The van der Waals surface area contributed by atoms with Gasteiger partial charge in [-0.3, -0.25) is 4.79 Å². The molecule has 75 valence electrons. The van der Waals surface area contributed by atoms with Crippen molar-refractivity contribution in [2.24, 2.45) is 0 Å². The average molecular weight is 231 g/mol. The Bertz CT molecular complexity index is 295. The lowest BCUT2D eigenvalue weighted by molar-refractivity contribution is 0.540. The summed E-state index contributed by atoms with van der Waals surface area (Å²) >= 11 is 11.7. The largest absolute Gasteiger partial charge is 0.348 e. The zero-order chi connectivity index (χ0) is 10.4. The van der Waals surface area contributed by atoms with Crippen LogP contribution in [0.3, 0.4) is 0 Å². The van der Waals surface area contributed by atoms with E-state index >= 15 is 0 Å². The molecule has 1 aromatic carbocycles. The van der Waals surface area contributed by atoms with Gasteiger partial charge in [-0.25, -0.2) is 0 Å². The van der Waals surface area contributed by atoms with Gasteiger partial charge in [-0.2, -0.15) is 0 Å². The quantitative estimate of drug-likeness (QED) is 0.612. The Morgan fingerprint density at radius 1 is 1.21 bits per heavy atom. The minimum Gasteiger partial charge on any atom is -0.348 e. The maximum absolute atomic E-state index is 9.85. The number of halogens is 2. The summed E-state index contributed by atoms with van der Waals surface area (Å²) in [4.78, 5) is 9.85. The van der Waals surface area contributed by atoms with Gasteiger partial charge in [-0.1, -0.05) is 23.2 Å². The van der Waals surface area contributed by atoms with Crippen LogP contribution in [0.15, 0.2) is 18.2 Å². The third-order valence-electron chi connectivity index (χ3n) is 1.76. The molecule has 0 heterocycles. The molecule has 0 aliphatic carbocycles. The first-order chi connectivity index (χ1) is 6.72. The van der Waals surface area contributed by atoms with Gasteiger partial charge >= 0.3 is 6.41 Å². The molecule has 1 radical (unpaired) electrons. The van der Waals surface area contributed by atoms with Gasteiger partial charge in [0.1, 0.15) is 0 Å². The molecule has 0 aliphatic heterocycles. The van der Waals surface area contributed by atoms with Crippen molar-refractivity contribution in [3.63, 3.8) is 0 Å². The first-order valence-corrected chi connectivity index (χ1v) is 5.03. The predicted octanol–water partition coefficient (Wildman–Crippen LogP) is 2.58. The molecule has 1 amide bonds. The van der Waals surface area contributed by atoms with Crippen LogP contribution < -0.4 is 5.32 Å². The fraction of sp³-hybridized carbons (Fsp3) is 0.300. The van der Waals surface area contributed by atoms with Crippen molar-refractivity contribution in [3.05, 3.63) is 33.8 Å². The highest BCUT2D eigenvalue weighted by molar-refractivity contribution is 6.34. The highest BCUT2D eigenvalue weighted by atomic mass is 35.5. The molecule has 0 bridgehead atoms. The zero-order valence-electron chi connectivity index (χ0n) is 7.52. The summed E-state index contributed by atoms with van der Waals surface area (Å²) in [6.07, 6.45) is 3.32. The lowest BCUT2D eigenvalue weighted by Gasteiger charge is -2.02. The smallest absolute Gasteiger partial charge is 0.309 e. The van der Waals surface area contributed by atoms with Crippen LogP contribution in [0.2, 0.25) is 10.0 Å². The van der Waals surface area contributed by atoms with Crippen LogP contribution in [-0.2, 0) is 11.2 Å². The van der Waals surface area contributed by atoms with E-state index in [4.69, 9.17) is 23.2 Å². The molecule has 0 saturated heterocycles. The number of aryl methyl sites for hydroxylation is 1. The molecule has 0 aliphatic rings. The van der Waals surface area contributed by atoms with Gasteiger partial charge in [0.2, 0.25) is 0 Å². The van der Waals surface area contributed by atoms with Crippen molar-refractivity contribution in [2.75, 3.05) is 6.54 Å². The topological polar surface area (TPSA) is 29.1 Å². The number of rotatable bonds is 5. The number of carbonyl (C=O) groups excluding carboxylic acids is 1. The van der Waals surface area contributed by atoms with E-state index in [2.05, 4.69) is 5.32 Å². The number of amides is 1. The number of hydrogen-bond acceptors (Lipinski definition) is 1. The second-order valence-corrected chi connectivity index (χ2v) is 3.78. The van der Waals surface area contributed by atoms with Crippen LogP contribution in [0.1, 0.15) is 12.0 Å².